The first kappa shape index (κ1) is 13.1. The smallest absolute Gasteiger partial charge is 0.322 e. The molecule has 6 heteroatoms. The van der Waals surface area contributed by atoms with Gasteiger partial charge in [-0.05, 0) is 25.0 Å². The Kier molecular flexibility index (Phi) is 3.14. The minimum atomic E-state index is -0.0442. The number of hydrogen-bond acceptors (Lipinski definition) is 5. The van der Waals surface area contributed by atoms with Crippen molar-refractivity contribution in [2.45, 2.75) is 25.7 Å². The lowest BCUT2D eigenvalue weighted by atomic mass is 10.1. The van der Waals surface area contributed by atoms with Crippen LogP contribution in [0.3, 0.4) is 0 Å². The average molecular weight is 297 g/mol. The van der Waals surface area contributed by atoms with Gasteiger partial charge in [-0.2, -0.15) is 0 Å². The number of amides is 1. The van der Waals surface area contributed by atoms with E-state index in [0.29, 0.717) is 5.76 Å². The van der Waals surface area contributed by atoms with E-state index in [0.717, 1.165) is 36.7 Å². The molecule has 0 bridgehead atoms. The van der Waals surface area contributed by atoms with Crippen molar-refractivity contribution in [1.82, 2.24) is 10.2 Å². The first-order valence-corrected chi connectivity index (χ1v) is 7.43. The molecular weight excluding hydrogens is 282 g/mol. The molecule has 2 heterocycles. The SMILES string of the molecule is O=C(Nc1nnc(-c2cc3ccccc3o2)o1)C1CCCC1. The maximum Gasteiger partial charge on any atom is 0.322 e. The molecule has 1 amide bonds. The van der Waals surface area contributed by atoms with Gasteiger partial charge in [-0.1, -0.05) is 36.1 Å². The zero-order valence-electron chi connectivity index (χ0n) is 11.9. The second-order valence-electron chi connectivity index (χ2n) is 5.53. The van der Waals surface area contributed by atoms with Gasteiger partial charge in [-0.3, -0.25) is 10.1 Å². The topological polar surface area (TPSA) is 81.2 Å². The Morgan fingerprint density at radius 1 is 1.14 bits per heavy atom. The Balaban J connectivity index is 1.54. The van der Waals surface area contributed by atoms with Gasteiger partial charge in [-0.25, -0.2) is 0 Å². The molecule has 1 fully saturated rings. The molecule has 0 radical (unpaired) electrons. The Bertz CT molecular complexity index is 782. The first-order valence-electron chi connectivity index (χ1n) is 7.43. The van der Waals surface area contributed by atoms with Crippen LogP contribution in [0.5, 0.6) is 0 Å². The molecule has 0 spiro atoms. The van der Waals surface area contributed by atoms with Crippen molar-refractivity contribution >= 4 is 22.9 Å². The van der Waals surface area contributed by atoms with Crippen LogP contribution >= 0.6 is 0 Å². The van der Waals surface area contributed by atoms with Gasteiger partial charge in [0.15, 0.2) is 5.76 Å². The molecule has 3 aromatic rings. The van der Waals surface area contributed by atoms with Crippen LogP contribution in [0, 0.1) is 5.92 Å². The molecule has 0 unspecified atom stereocenters. The number of nitrogens with one attached hydrogen (secondary N) is 1. The van der Waals surface area contributed by atoms with Gasteiger partial charge < -0.3 is 8.83 Å². The van der Waals surface area contributed by atoms with Crippen molar-refractivity contribution in [1.29, 1.82) is 0 Å². The highest BCUT2D eigenvalue weighted by molar-refractivity contribution is 5.90. The van der Waals surface area contributed by atoms with Crippen molar-refractivity contribution in [2.75, 3.05) is 5.32 Å². The van der Waals surface area contributed by atoms with E-state index in [1.54, 1.807) is 0 Å². The summed E-state index contributed by atoms with van der Waals surface area (Å²) in [5.41, 5.74) is 0.757. The number of hydrogen-bond donors (Lipinski definition) is 1. The number of fused-ring (bicyclic) bond motifs is 1. The molecule has 22 heavy (non-hydrogen) atoms. The lowest BCUT2D eigenvalue weighted by Gasteiger charge is -2.05. The van der Waals surface area contributed by atoms with E-state index in [1.165, 1.54) is 0 Å². The fourth-order valence-corrected chi connectivity index (χ4v) is 2.86. The van der Waals surface area contributed by atoms with Gasteiger partial charge in [0.1, 0.15) is 5.58 Å². The zero-order chi connectivity index (χ0) is 14.9. The second-order valence-corrected chi connectivity index (χ2v) is 5.53. The maximum atomic E-state index is 12.0. The second kappa shape index (κ2) is 5.29. The number of carbonyl (C=O) groups is 1. The molecule has 2 aromatic heterocycles. The number of para-hydroxylation sites is 1. The summed E-state index contributed by atoms with van der Waals surface area (Å²) >= 11 is 0. The molecule has 6 nitrogen and oxygen atoms in total. The van der Waals surface area contributed by atoms with Gasteiger partial charge >= 0.3 is 6.01 Å². The van der Waals surface area contributed by atoms with Crippen LogP contribution in [0.15, 0.2) is 39.2 Å². The molecule has 1 saturated carbocycles. The van der Waals surface area contributed by atoms with Crippen molar-refractivity contribution in [2.24, 2.45) is 5.92 Å². The third kappa shape index (κ3) is 2.36. The molecule has 1 N–H and O–H groups in total. The molecule has 112 valence electrons. The number of benzene rings is 1. The predicted octanol–water partition coefficient (Wildman–Crippen LogP) is 3.61. The van der Waals surface area contributed by atoms with E-state index < -0.39 is 0 Å². The Hall–Kier alpha value is -2.63. The zero-order valence-corrected chi connectivity index (χ0v) is 11.9. The van der Waals surface area contributed by atoms with Crippen molar-refractivity contribution in [3.05, 3.63) is 30.3 Å². The van der Waals surface area contributed by atoms with Crippen molar-refractivity contribution in [3.8, 4) is 11.7 Å². The Morgan fingerprint density at radius 2 is 1.95 bits per heavy atom. The fourth-order valence-electron chi connectivity index (χ4n) is 2.86. The highest BCUT2D eigenvalue weighted by Crippen LogP contribution is 2.29. The lowest BCUT2D eigenvalue weighted by molar-refractivity contribution is -0.119. The summed E-state index contributed by atoms with van der Waals surface area (Å²) in [7, 11) is 0. The van der Waals surface area contributed by atoms with Gasteiger partial charge in [0, 0.05) is 11.3 Å². The van der Waals surface area contributed by atoms with Crippen LogP contribution < -0.4 is 5.32 Å². The summed E-state index contributed by atoms with van der Waals surface area (Å²) in [5, 5.41) is 11.5. The van der Waals surface area contributed by atoms with Crippen LogP contribution in [-0.4, -0.2) is 16.1 Å². The molecular formula is C16H15N3O3. The largest absolute Gasteiger partial charge is 0.451 e. The van der Waals surface area contributed by atoms with Gasteiger partial charge in [0.05, 0.1) is 0 Å². The average Bonchev–Trinajstić information content (AvgIpc) is 3.26. The number of furan rings is 1. The van der Waals surface area contributed by atoms with Gasteiger partial charge in [0.2, 0.25) is 5.91 Å². The summed E-state index contributed by atoms with van der Waals surface area (Å²) in [5.74, 6) is 0.770. The fraction of sp³-hybridized carbons (Fsp3) is 0.312. The summed E-state index contributed by atoms with van der Waals surface area (Å²) in [6.07, 6.45) is 4.06. The van der Waals surface area contributed by atoms with E-state index in [1.807, 2.05) is 30.3 Å². The summed E-state index contributed by atoms with van der Waals surface area (Å²) in [6, 6.07) is 9.61. The van der Waals surface area contributed by atoms with Crippen LogP contribution in [0.2, 0.25) is 0 Å². The van der Waals surface area contributed by atoms with E-state index in [-0.39, 0.29) is 23.7 Å². The minimum absolute atomic E-state index is 0.0442. The quantitative estimate of drug-likeness (QED) is 0.798. The van der Waals surface area contributed by atoms with Crippen LogP contribution in [0.4, 0.5) is 6.01 Å². The van der Waals surface area contributed by atoms with E-state index in [9.17, 15) is 4.79 Å². The molecule has 0 atom stereocenters. The summed E-state index contributed by atoms with van der Waals surface area (Å²) in [6.45, 7) is 0. The summed E-state index contributed by atoms with van der Waals surface area (Å²) < 4.78 is 11.1. The Morgan fingerprint density at radius 3 is 2.77 bits per heavy atom. The molecule has 1 aliphatic carbocycles. The van der Waals surface area contributed by atoms with Gasteiger partial charge in [0.25, 0.3) is 5.89 Å². The van der Waals surface area contributed by atoms with Gasteiger partial charge in [-0.15, -0.1) is 5.10 Å². The van der Waals surface area contributed by atoms with E-state index in [2.05, 4.69) is 15.5 Å². The number of aromatic nitrogens is 2. The van der Waals surface area contributed by atoms with Crippen LogP contribution in [-0.2, 0) is 4.79 Å². The van der Waals surface area contributed by atoms with Crippen LogP contribution in [0.1, 0.15) is 25.7 Å². The molecule has 0 aliphatic heterocycles. The third-order valence-corrected chi connectivity index (χ3v) is 4.02. The Labute approximate surface area is 126 Å². The minimum Gasteiger partial charge on any atom is -0.451 e. The molecule has 1 aliphatic rings. The molecule has 1 aromatic carbocycles. The highest BCUT2D eigenvalue weighted by Gasteiger charge is 2.24. The standard InChI is InChI=1S/C16H15N3O3/c20-14(10-5-1-2-6-10)17-16-19-18-15(22-16)13-9-11-7-3-4-8-12(11)21-13/h3-4,7-10H,1-2,5-6H2,(H,17,19,20). The van der Waals surface area contributed by atoms with E-state index in [4.69, 9.17) is 8.83 Å². The van der Waals surface area contributed by atoms with Crippen molar-refractivity contribution in [3.63, 3.8) is 0 Å². The third-order valence-electron chi connectivity index (χ3n) is 4.02. The lowest BCUT2D eigenvalue weighted by Crippen LogP contribution is -2.20. The monoisotopic (exact) mass is 297 g/mol. The maximum absolute atomic E-state index is 12.0. The predicted molar refractivity (Wildman–Crippen MR) is 80.1 cm³/mol. The molecule has 0 saturated heterocycles. The first-order chi connectivity index (χ1) is 10.8. The van der Waals surface area contributed by atoms with Crippen molar-refractivity contribution < 1.29 is 13.6 Å². The number of anilines is 1. The number of nitrogens with zero attached hydrogens (tertiary/aromatic N) is 2. The van der Waals surface area contributed by atoms with Crippen LogP contribution in [0.25, 0.3) is 22.6 Å². The molecule has 4 rings (SSSR count). The van der Waals surface area contributed by atoms with E-state index >= 15 is 0 Å². The number of rotatable bonds is 3. The highest BCUT2D eigenvalue weighted by atomic mass is 16.4. The number of carbonyl (C=O) groups excluding carboxylic acids is 1. The summed E-state index contributed by atoms with van der Waals surface area (Å²) in [4.78, 5) is 12.0. The normalized spacial score (nSPS) is 15.5.